The van der Waals surface area contributed by atoms with Crippen LogP contribution in [0.1, 0.15) is 226 Å². The Morgan fingerprint density at radius 2 is 0.803 bits per heavy atom. The monoisotopic (exact) mass is 924 g/mol. The van der Waals surface area contributed by atoms with Gasteiger partial charge < -0.3 is 28.6 Å². The maximum absolute atomic E-state index is 12.8. The Hall–Kier alpha value is -3.23. The van der Waals surface area contributed by atoms with Crippen LogP contribution in [0.15, 0.2) is 72.9 Å². The van der Waals surface area contributed by atoms with Crippen LogP contribution in [-0.2, 0) is 28.6 Å². The third-order valence-electron chi connectivity index (χ3n) is 11.8. The lowest BCUT2D eigenvalue weighted by Gasteiger charge is -2.34. The molecule has 0 bridgehead atoms. The zero-order valence-corrected chi connectivity index (χ0v) is 43.3. The first-order valence-corrected chi connectivity index (χ1v) is 27.0. The molecule has 0 saturated heterocycles. The first kappa shape index (κ1) is 62.8. The number of quaternary nitrogens is 1. The van der Waals surface area contributed by atoms with Crippen LogP contribution in [0.3, 0.4) is 0 Å². The lowest BCUT2D eigenvalue weighted by molar-refractivity contribution is -0.889. The topological polar surface area (TPSA) is 102 Å². The smallest absolute Gasteiger partial charge is 0.306 e. The normalized spacial score (nSPS) is 13.4. The molecule has 0 aromatic rings. The summed E-state index contributed by atoms with van der Waals surface area (Å²) in [6.07, 6.45) is 62.2. The fourth-order valence-corrected chi connectivity index (χ4v) is 7.75. The van der Waals surface area contributed by atoms with Crippen molar-refractivity contribution in [3.05, 3.63) is 72.9 Å². The van der Waals surface area contributed by atoms with E-state index in [1.807, 2.05) is 0 Å². The lowest BCUT2D eigenvalue weighted by atomic mass is 10.0. The molecule has 8 nitrogen and oxygen atoms in total. The Labute approximate surface area is 406 Å². The molecule has 0 spiro atoms. The predicted molar refractivity (Wildman–Crippen MR) is 277 cm³/mol. The standard InChI is InChI=1S/C58H101NO7/c1-6-8-10-12-14-16-18-20-22-24-26-28-30-32-34-36-38-40-42-44-46-48-56(60)65-53-54(52-64-51-50-55(58(62)63)59(3,4)5)66-57(61)49-47-45-43-41-39-37-35-33-31-29-27-25-23-21-19-17-15-13-11-9-7-2/h8-11,14-17,20-23,54-55H,6-7,12-13,18-19,24-53H2,1-5H3/b10-8+,11-9+,16-14+,17-15+,22-20+,23-21+. The number of carboxylic acids is 1. The van der Waals surface area contributed by atoms with E-state index >= 15 is 0 Å². The molecule has 0 aliphatic heterocycles. The van der Waals surface area contributed by atoms with Gasteiger partial charge in [-0.25, -0.2) is 0 Å². The van der Waals surface area contributed by atoms with E-state index in [0.717, 1.165) is 77.0 Å². The Balaban J connectivity index is 4.21. The molecule has 0 heterocycles. The average Bonchev–Trinajstić information content (AvgIpc) is 3.28. The number of carbonyl (C=O) groups excluding carboxylic acids is 3. The van der Waals surface area contributed by atoms with Crippen LogP contribution in [-0.4, -0.2) is 75.5 Å². The maximum Gasteiger partial charge on any atom is 0.306 e. The van der Waals surface area contributed by atoms with Gasteiger partial charge in [-0.3, -0.25) is 9.59 Å². The van der Waals surface area contributed by atoms with E-state index in [4.69, 9.17) is 14.2 Å². The summed E-state index contributed by atoms with van der Waals surface area (Å²) in [5, 5.41) is 11.7. The number of esters is 2. The third kappa shape index (κ3) is 45.9. The summed E-state index contributed by atoms with van der Waals surface area (Å²) < 4.78 is 17.3. The molecule has 0 aromatic heterocycles. The van der Waals surface area contributed by atoms with E-state index in [2.05, 4.69) is 86.8 Å². The summed E-state index contributed by atoms with van der Waals surface area (Å²) in [5.74, 6) is -1.74. The molecule has 2 unspecified atom stereocenters. The average molecular weight is 924 g/mol. The molecule has 0 rings (SSSR count). The third-order valence-corrected chi connectivity index (χ3v) is 11.8. The Kier molecular flexibility index (Phi) is 45.9. The summed E-state index contributed by atoms with van der Waals surface area (Å²) >= 11 is 0. The zero-order chi connectivity index (χ0) is 48.4. The molecule has 0 aliphatic carbocycles. The number of ether oxygens (including phenoxy) is 3. The van der Waals surface area contributed by atoms with Crippen LogP contribution in [0, 0.1) is 0 Å². The van der Waals surface area contributed by atoms with Gasteiger partial charge in [0.15, 0.2) is 6.10 Å². The number of unbranched alkanes of at least 4 members (excludes halogenated alkanes) is 22. The molecule has 380 valence electrons. The van der Waals surface area contributed by atoms with E-state index in [0.29, 0.717) is 12.8 Å². The number of hydrogen-bond donors (Lipinski definition) is 0. The van der Waals surface area contributed by atoms with Crippen molar-refractivity contribution in [3.8, 4) is 0 Å². The van der Waals surface area contributed by atoms with Crippen molar-refractivity contribution in [1.82, 2.24) is 0 Å². The molecule has 0 radical (unpaired) electrons. The van der Waals surface area contributed by atoms with Gasteiger partial charge in [-0.15, -0.1) is 0 Å². The predicted octanol–water partition coefficient (Wildman–Crippen LogP) is 14.5. The van der Waals surface area contributed by atoms with E-state index in [9.17, 15) is 19.5 Å². The number of allylic oxidation sites excluding steroid dienone is 12. The van der Waals surface area contributed by atoms with Gasteiger partial charge in [-0.1, -0.05) is 202 Å². The number of rotatable bonds is 48. The molecule has 66 heavy (non-hydrogen) atoms. The van der Waals surface area contributed by atoms with Crippen molar-refractivity contribution in [2.75, 3.05) is 41.0 Å². The van der Waals surface area contributed by atoms with Gasteiger partial charge in [-0.05, 0) is 77.0 Å². The summed E-state index contributed by atoms with van der Waals surface area (Å²) in [5.41, 5.74) is 0. The number of hydrogen-bond acceptors (Lipinski definition) is 7. The van der Waals surface area contributed by atoms with Gasteiger partial charge in [0.05, 0.1) is 40.3 Å². The molecule has 0 aromatic carbocycles. The largest absolute Gasteiger partial charge is 0.544 e. The highest BCUT2D eigenvalue weighted by Gasteiger charge is 2.25. The fraction of sp³-hybridized carbons (Fsp3) is 0.741. The van der Waals surface area contributed by atoms with Crippen LogP contribution in [0.2, 0.25) is 0 Å². The van der Waals surface area contributed by atoms with Crippen LogP contribution in [0.4, 0.5) is 0 Å². The summed E-state index contributed by atoms with van der Waals surface area (Å²) in [6.45, 7) is 4.46. The van der Waals surface area contributed by atoms with E-state index < -0.39 is 18.1 Å². The van der Waals surface area contributed by atoms with Gasteiger partial charge in [0.25, 0.3) is 0 Å². The highest BCUT2D eigenvalue weighted by atomic mass is 16.6. The lowest BCUT2D eigenvalue weighted by Crippen LogP contribution is -2.55. The van der Waals surface area contributed by atoms with E-state index in [1.54, 1.807) is 21.1 Å². The number of carboxylic acid groups (broad SMARTS) is 1. The van der Waals surface area contributed by atoms with Crippen molar-refractivity contribution in [1.29, 1.82) is 0 Å². The van der Waals surface area contributed by atoms with Gasteiger partial charge in [0, 0.05) is 19.3 Å². The van der Waals surface area contributed by atoms with Crippen LogP contribution < -0.4 is 5.11 Å². The molecular formula is C58H101NO7. The first-order valence-electron chi connectivity index (χ1n) is 27.0. The second-order valence-corrected chi connectivity index (χ2v) is 19.1. The molecular weight excluding hydrogens is 823 g/mol. The minimum absolute atomic E-state index is 0.0373. The Bertz CT molecular complexity index is 1310. The second kappa shape index (κ2) is 48.2. The fourth-order valence-electron chi connectivity index (χ4n) is 7.75. The Morgan fingerprint density at radius 1 is 0.455 bits per heavy atom. The summed E-state index contributed by atoms with van der Waals surface area (Å²) in [4.78, 5) is 37.1. The van der Waals surface area contributed by atoms with Gasteiger partial charge in [0.1, 0.15) is 12.6 Å². The van der Waals surface area contributed by atoms with Crippen LogP contribution in [0.25, 0.3) is 0 Å². The Morgan fingerprint density at radius 3 is 1.18 bits per heavy atom. The van der Waals surface area contributed by atoms with Crippen molar-refractivity contribution in [3.63, 3.8) is 0 Å². The van der Waals surface area contributed by atoms with Gasteiger partial charge in [-0.2, -0.15) is 0 Å². The van der Waals surface area contributed by atoms with Crippen molar-refractivity contribution in [2.24, 2.45) is 0 Å². The maximum atomic E-state index is 12.8. The van der Waals surface area contributed by atoms with Crippen LogP contribution >= 0.6 is 0 Å². The molecule has 2 atom stereocenters. The summed E-state index contributed by atoms with van der Waals surface area (Å²) in [7, 11) is 5.42. The molecule has 0 aliphatic rings. The number of carbonyl (C=O) groups is 3. The van der Waals surface area contributed by atoms with Crippen molar-refractivity contribution in [2.45, 2.75) is 238 Å². The van der Waals surface area contributed by atoms with E-state index in [1.165, 1.54) is 116 Å². The first-order chi connectivity index (χ1) is 32.1. The highest BCUT2D eigenvalue weighted by Crippen LogP contribution is 2.16. The number of aliphatic carboxylic acids is 1. The minimum atomic E-state index is -1.13. The number of likely N-dealkylation sites (N-methyl/N-ethyl adjacent to an activating group) is 1. The van der Waals surface area contributed by atoms with E-state index in [-0.39, 0.29) is 42.7 Å². The summed E-state index contributed by atoms with van der Waals surface area (Å²) in [6, 6.07) is -0.730. The number of nitrogens with zero attached hydrogens (tertiary/aromatic N) is 1. The van der Waals surface area contributed by atoms with Crippen LogP contribution in [0.5, 0.6) is 0 Å². The zero-order valence-electron chi connectivity index (χ0n) is 43.3. The van der Waals surface area contributed by atoms with Gasteiger partial charge >= 0.3 is 11.9 Å². The molecule has 0 fully saturated rings. The highest BCUT2D eigenvalue weighted by molar-refractivity contribution is 5.70. The van der Waals surface area contributed by atoms with Crippen molar-refractivity contribution >= 4 is 17.9 Å². The molecule has 8 heteroatoms. The molecule has 0 N–H and O–H groups in total. The molecule has 0 saturated carbocycles. The quantitative estimate of drug-likeness (QED) is 0.0259. The van der Waals surface area contributed by atoms with Crippen molar-refractivity contribution < 1.29 is 38.2 Å². The van der Waals surface area contributed by atoms with Gasteiger partial charge in [0.2, 0.25) is 0 Å². The molecule has 0 amide bonds. The SMILES string of the molecule is CC/C=C/C/C=C/C/C=C/CCCCCCCCCCCCCC(=O)OCC(COCCC(C(=O)[O-])[N+](C)(C)C)OC(=O)CCCCCCCCCCCCC/C=C/C/C=C/C/C=C/CC. The second-order valence-electron chi connectivity index (χ2n) is 19.1. The minimum Gasteiger partial charge on any atom is -0.544 e.